The molecule has 174 valence electrons. The number of carbonyl (C=O) groups is 2. The summed E-state index contributed by atoms with van der Waals surface area (Å²) in [5.74, 6) is -0.996. The largest absolute Gasteiger partial charge is 0.507 e. The van der Waals surface area contributed by atoms with Gasteiger partial charge in [-0.2, -0.15) is 0 Å². The van der Waals surface area contributed by atoms with Crippen molar-refractivity contribution < 1.29 is 19.4 Å². The average Bonchev–Trinajstić information content (AvgIpc) is 3.09. The van der Waals surface area contributed by atoms with Crippen molar-refractivity contribution in [2.24, 2.45) is 0 Å². The number of nitrogens with zero attached hydrogens (tertiary/aromatic N) is 1. The maximum Gasteiger partial charge on any atom is 0.300 e. The van der Waals surface area contributed by atoms with E-state index in [9.17, 15) is 14.7 Å². The fourth-order valence-corrected chi connectivity index (χ4v) is 4.30. The third kappa shape index (κ3) is 4.10. The number of rotatable bonds is 4. The number of benzene rings is 3. The average molecular weight is 456 g/mol. The van der Waals surface area contributed by atoms with Crippen LogP contribution >= 0.6 is 0 Å². The molecule has 1 fully saturated rings. The molecule has 1 saturated heterocycles. The molecular weight excluding hydrogens is 426 g/mol. The van der Waals surface area contributed by atoms with E-state index in [2.05, 4.69) is 20.8 Å². The van der Waals surface area contributed by atoms with Crippen LogP contribution in [0.15, 0.2) is 78.4 Å². The van der Waals surface area contributed by atoms with E-state index >= 15 is 0 Å². The second kappa shape index (κ2) is 8.82. The van der Waals surface area contributed by atoms with Crippen LogP contribution in [0.25, 0.3) is 5.76 Å². The summed E-state index contributed by atoms with van der Waals surface area (Å²) in [6, 6.07) is 21.4. The number of aryl methyl sites for hydroxylation is 1. The van der Waals surface area contributed by atoms with Crippen molar-refractivity contribution in [3.05, 3.63) is 101 Å². The Morgan fingerprint density at radius 2 is 1.65 bits per heavy atom. The number of aliphatic hydroxyl groups excluding tert-OH is 1. The summed E-state index contributed by atoms with van der Waals surface area (Å²) in [6.45, 7) is 8.16. The normalized spacial score (nSPS) is 17.8. The molecule has 1 aliphatic rings. The molecule has 1 unspecified atom stereocenters. The first-order valence-electron chi connectivity index (χ1n) is 11.2. The van der Waals surface area contributed by atoms with Gasteiger partial charge < -0.3 is 9.84 Å². The number of ketones is 1. The highest BCUT2D eigenvalue weighted by Gasteiger charge is 2.47. The summed E-state index contributed by atoms with van der Waals surface area (Å²) >= 11 is 0. The second-order valence-electron chi connectivity index (χ2n) is 9.56. The summed E-state index contributed by atoms with van der Waals surface area (Å²) in [6.07, 6.45) is 0. The molecule has 1 heterocycles. The lowest BCUT2D eigenvalue weighted by Gasteiger charge is -2.26. The summed E-state index contributed by atoms with van der Waals surface area (Å²) in [7, 11) is 1.55. The zero-order valence-corrected chi connectivity index (χ0v) is 20.1. The number of carbonyl (C=O) groups excluding carboxylic acids is 2. The van der Waals surface area contributed by atoms with Gasteiger partial charge in [0, 0.05) is 17.3 Å². The van der Waals surface area contributed by atoms with Crippen molar-refractivity contribution in [1.29, 1.82) is 0 Å². The third-order valence-corrected chi connectivity index (χ3v) is 6.25. The van der Waals surface area contributed by atoms with E-state index < -0.39 is 17.7 Å². The number of ether oxygens (including phenoxy) is 1. The topological polar surface area (TPSA) is 66.8 Å². The molecule has 4 rings (SSSR count). The monoisotopic (exact) mass is 455 g/mol. The molecule has 0 radical (unpaired) electrons. The zero-order chi connectivity index (χ0) is 24.6. The Bertz CT molecular complexity index is 1280. The Morgan fingerprint density at radius 3 is 2.29 bits per heavy atom. The molecule has 5 heteroatoms. The molecule has 34 heavy (non-hydrogen) atoms. The van der Waals surface area contributed by atoms with Gasteiger partial charge in [-0.1, -0.05) is 69.3 Å². The van der Waals surface area contributed by atoms with Crippen molar-refractivity contribution in [3.8, 4) is 5.75 Å². The summed E-state index contributed by atoms with van der Waals surface area (Å²) < 4.78 is 5.34. The van der Waals surface area contributed by atoms with Crippen molar-refractivity contribution in [3.63, 3.8) is 0 Å². The first-order valence-corrected chi connectivity index (χ1v) is 11.2. The molecule has 1 atom stereocenters. The molecule has 3 aromatic carbocycles. The maximum atomic E-state index is 13.4. The molecule has 1 aliphatic heterocycles. The van der Waals surface area contributed by atoms with Gasteiger partial charge in [0.15, 0.2) is 0 Å². The molecule has 1 N–H and O–H groups in total. The van der Waals surface area contributed by atoms with Gasteiger partial charge in [-0.3, -0.25) is 14.5 Å². The Balaban J connectivity index is 1.97. The van der Waals surface area contributed by atoms with Crippen LogP contribution in [0.2, 0.25) is 0 Å². The molecular formula is C29H29NO4. The van der Waals surface area contributed by atoms with Crippen LogP contribution in [0, 0.1) is 6.92 Å². The van der Waals surface area contributed by atoms with Gasteiger partial charge in [-0.15, -0.1) is 0 Å². The Morgan fingerprint density at radius 1 is 0.941 bits per heavy atom. The number of methoxy groups -OCH3 is 1. The Kier molecular flexibility index (Phi) is 6.05. The third-order valence-electron chi connectivity index (χ3n) is 6.25. The smallest absolute Gasteiger partial charge is 0.300 e. The highest BCUT2D eigenvalue weighted by Crippen LogP contribution is 2.43. The molecule has 0 spiro atoms. The minimum Gasteiger partial charge on any atom is -0.507 e. The zero-order valence-electron chi connectivity index (χ0n) is 20.1. The quantitative estimate of drug-likeness (QED) is 0.301. The number of aliphatic hydroxyl groups is 1. The lowest BCUT2D eigenvalue weighted by atomic mass is 9.84. The van der Waals surface area contributed by atoms with Crippen LogP contribution < -0.4 is 9.64 Å². The Labute approximate surface area is 200 Å². The number of anilines is 1. The maximum absolute atomic E-state index is 13.4. The predicted octanol–water partition coefficient (Wildman–Crippen LogP) is 5.93. The summed E-state index contributed by atoms with van der Waals surface area (Å²) in [5, 5.41) is 11.5. The van der Waals surface area contributed by atoms with Crippen LogP contribution in [0.4, 0.5) is 5.69 Å². The Hall–Kier alpha value is -3.86. The molecule has 0 bridgehead atoms. The van der Waals surface area contributed by atoms with Crippen molar-refractivity contribution >= 4 is 23.1 Å². The highest BCUT2D eigenvalue weighted by atomic mass is 16.5. The van der Waals surface area contributed by atoms with Crippen LogP contribution in [-0.2, 0) is 15.0 Å². The van der Waals surface area contributed by atoms with Crippen LogP contribution in [0.1, 0.15) is 49.1 Å². The minimum atomic E-state index is -0.772. The lowest BCUT2D eigenvalue weighted by Crippen LogP contribution is -2.29. The fraction of sp³-hybridized carbons (Fsp3) is 0.241. The lowest BCUT2D eigenvalue weighted by molar-refractivity contribution is -0.132. The molecule has 0 aromatic heterocycles. The van der Waals surface area contributed by atoms with Gasteiger partial charge in [0.1, 0.15) is 11.5 Å². The standard InChI is InChI=1S/C29H29NO4/c1-18-14-15-20(29(2,3)4)16-23(18)26(31)24-25(19-10-7-6-8-11-19)30(28(33)27(24)32)21-12-9-13-22(17-21)34-5/h6-17,25,31H,1-5H3/b26-24+. The van der Waals surface area contributed by atoms with Gasteiger partial charge in [0.2, 0.25) is 0 Å². The van der Waals surface area contributed by atoms with E-state index in [1.165, 1.54) is 4.90 Å². The second-order valence-corrected chi connectivity index (χ2v) is 9.56. The molecule has 3 aromatic rings. The highest BCUT2D eigenvalue weighted by molar-refractivity contribution is 6.51. The van der Waals surface area contributed by atoms with E-state index in [0.29, 0.717) is 17.0 Å². The van der Waals surface area contributed by atoms with Gasteiger partial charge in [-0.05, 0) is 47.2 Å². The van der Waals surface area contributed by atoms with Crippen molar-refractivity contribution in [1.82, 2.24) is 0 Å². The number of Topliss-reactive ketones (excluding diaryl/α,β-unsaturated/α-hetero) is 1. The van der Waals surface area contributed by atoms with Crippen molar-refractivity contribution in [2.75, 3.05) is 12.0 Å². The van der Waals surface area contributed by atoms with Gasteiger partial charge >= 0.3 is 0 Å². The number of hydrogen-bond acceptors (Lipinski definition) is 4. The summed E-state index contributed by atoms with van der Waals surface area (Å²) in [4.78, 5) is 28.2. The van der Waals surface area contributed by atoms with E-state index in [4.69, 9.17) is 4.74 Å². The van der Waals surface area contributed by atoms with E-state index in [1.54, 1.807) is 31.4 Å². The molecule has 0 aliphatic carbocycles. The number of hydrogen-bond donors (Lipinski definition) is 1. The fourth-order valence-electron chi connectivity index (χ4n) is 4.30. The number of amides is 1. The van der Waals surface area contributed by atoms with Crippen LogP contribution in [0.5, 0.6) is 5.75 Å². The van der Waals surface area contributed by atoms with Crippen LogP contribution in [-0.4, -0.2) is 23.9 Å². The van der Waals surface area contributed by atoms with Gasteiger partial charge in [-0.25, -0.2) is 0 Å². The minimum absolute atomic E-state index is 0.0770. The molecule has 0 saturated carbocycles. The van der Waals surface area contributed by atoms with E-state index in [0.717, 1.165) is 16.7 Å². The SMILES string of the molecule is COc1cccc(N2C(=O)C(=O)/C(=C(/O)c3cc(C(C)(C)C)ccc3C)C2c2ccccc2)c1. The van der Waals surface area contributed by atoms with Gasteiger partial charge in [0.25, 0.3) is 11.7 Å². The van der Waals surface area contributed by atoms with Gasteiger partial charge in [0.05, 0.1) is 18.7 Å². The predicted molar refractivity (Wildman–Crippen MR) is 134 cm³/mol. The van der Waals surface area contributed by atoms with E-state index in [-0.39, 0.29) is 16.7 Å². The van der Waals surface area contributed by atoms with E-state index in [1.807, 2.05) is 55.5 Å². The first kappa shape index (κ1) is 23.3. The molecule has 5 nitrogen and oxygen atoms in total. The van der Waals surface area contributed by atoms with Crippen molar-refractivity contribution in [2.45, 2.75) is 39.2 Å². The summed E-state index contributed by atoms with van der Waals surface area (Å²) in [5.41, 5.74) is 3.59. The van der Waals surface area contributed by atoms with Crippen LogP contribution in [0.3, 0.4) is 0 Å². The first-order chi connectivity index (χ1) is 16.1. The molecule has 1 amide bonds.